The topological polar surface area (TPSA) is 21.8 Å². The molecule has 0 spiro atoms. The van der Waals surface area contributed by atoms with Gasteiger partial charge in [0, 0.05) is 5.56 Å². The van der Waals surface area contributed by atoms with Crippen molar-refractivity contribution in [2.75, 3.05) is 6.61 Å². The molecular formula is C16H23FO2. The van der Waals surface area contributed by atoms with Crippen molar-refractivity contribution >= 4 is 0 Å². The molecule has 3 atom stereocenters. The molecule has 1 aromatic carbocycles. The number of benzene rings is 1. The highest BCUT2D eigenvalue weighted by Crippen LogP contribution is 2.39. The summed E-state index contributed by atoms with van der Waals surface area (Å²) in [6.45, 7) is 6.83. The van der Waals surface area contributed by atoms with Gasteiger partial charge in [-0.05, 0) is 50.3 Å². The third-order valence-electron chi connectivity index (χ3n) is 3.81. The Hall–Kier alpha value is -1.09. The van der Waals surface area contributed by atoms with E-state index in [1.165, 1.54) is 6.07 Å². The normalized spacial score (nSPS) is 23.2. The molecule has 0 radical (unpaired) electrons. The monoisotopic (exact) mass is 266 g/mol. The maximum Gasteiger partial charge on any atom is 0.123 e. The van der Waals surface area contributed by atoms with Gasteiger partial charge >= 0.3 is 0 Å². The number of epoxide rings is 1. The van der Waals surface area contributed by atoms with Gasteiger partial charge in [-0.25, -0.2) is 4.39 Å². The summed E-state index contributed by atoms with van der Waals surface area (Å²) in [6, 6.07) is 4.81. The maximum atomic E-state index is 13.5. The minimum Gasteiger partial charge on any atom is -0.494 e. The number of halogens is 1. The number of hydrogen-bond acceptors (Lipinski definition) is 2. The molecule has 1 aromatic rings. The van der Waals surface area contributed by atoms with E-state index < -0.39 is 0 Å². The molecule has 0 saturated carbocycles. The van der Waals surface area contributed by atoms with Crippen molar-refractivity contribution in [2.24, 2.45) is 0 Å². The smallest absolute Gasteiger partial charge is 0.123 e. The molecule has 0 N–H and O–H groups in total. The molecule has 19 heavy (non-hydrogen) atoms. The third-order valence-corrected chi connectivity index (χ3v) is 3.81. The van der Waals surface area contributed by atoms with Crippen LogP contribution in [0.3, 0.4) is 0 Å². The van der Waals surface area contributed by atoms with Gasteiger partial charge in [0.1, 0.15) is 11.6 Å². The van der Waals surface area contributed by atoms with E-state index in [0.717, 1.165) is 30.6 Å². The minimum atomic E-state index is -0.194. The first-order valence-corrected chi connectivity index (χ1v) is 7.27. The fraction of sp³-hybridized carbons (Fsp3) is 0.625. The van der Waals surface area contributed by atoms with E-state index in [2.05, 4.69) is 13.8 Å². The molecule has 0 bridgehead atoms. The van der Waals surface area contributed by atoms with Gasteiger partial charge in [0.05, 0.1) is 18.8 Å². The Morgan fingerprint density at radius 2 is 2.05 bits per heavy atom. The van der Waals surface area contributed by atoms with E-state index in [1.54, 1.807) is 12.1 Å². The summed E-state index contributed by atoms with van der Waals surface area (Å²) < 4.78 is 24.7. The van der Waals surface area contributed by atoms with Gasteiger partial charge < -0.3 is 9.47 Å². The maximum absolute atomic E-state index is 13.5. The largest absolute Gasteiger partial charge is 0.494 e. The van der Waals surface area contributed by atoms with Crippen LogP contribution in [-0.4, -0.2) is 18.8 Å². The summed E-state index contributed by atoms with van der Waals surface area (Å²) in [4.78, 5) is 0. The van der Waals surface area contributed by atoms with Crippen LogP contribution in [-0.2, 0) is 4.74 Å². The molecular weight excluding hydrogens is 243 g/mol. The predicted molar refractivity (Wildman–Crippen MR) is 74.2 cm³/mol. The molecule has 2 rings (SSSR count). The van der Waals surface area contributed by atoms with E-state index >= 15 is 0 Å². The lowest BCUT2D eigenvalue weighted by Gasteiger charge is -2.18. The van der Waals surface area contributed by atoms with Crippen LogP contribution in [0, 0.1) is 5.82 Å². The fourth-order valence-corrected chi connectivity index (χ4v) is 2.66. The number of hydrogen-bond donors (Lipinski definition) is 0. The van der Waals surface area contributed by atoms with Crippen molar-refractivity contribution in [2.45, 2.75) is 58.2 Å². The summed E-state index contributed by atoms with van der Waals surface area (Å²) in [5.74, 6) is 0.920. The van der Waals surface area contributed by atoms with Gasteiger partial charge in [-0.2, -0.15) is 0 Å². The van der Waals surface area contributed by atoms with E-state index in [9.17, 15) is 4.39 Å². The van der Waals surface area contributed by atoms with Crippen molar-refractivity contribution in [1.29, 1.82) is 0 Å². The Morgan fingerprint density at radius 3 is 2.63 bits per heavy atom. The molecule has 3 heteroatoms. The van der Waals surface area contributed by atoms with Crippen molar-refractivity contribution in [1.82, 2.24) is 0 Å². The average molecular weight is 266 g/mol. The highest BCUT2D eigenvalue weighted by atomic mass is 19.1. The molecule has 1 aliphatic rings. The van der Waals surface area contributed by atoms with Crippen LogP contribution in [0.15, 0.2) is 18.2 Å². The molecule has 0 aliphatic carbocycles. The van der Waals surface area contributed by atoms with Crippen LogP contribution >= 0.6 is 0 Å². The van der Waals surface area contributed by atoms with Gasteiger partial charge in [0.2, 0.25) is 0 Å². The quantitative estimate of drug-likeness (QED) is 0.687. The molecule has 0 amide bonds. The average Bonchev–Trinajstić information content (AvgIpc) is 3.17. The lowest BCUT2D eigenvalue weighted by Crippen LogP contribution is -2.07. The molecule has 1 heterocycles. The first-order chi connectivity index (χ1) is 9.19. The molecule has 0 aromatic heterocycles. The minimum absolute atomic E-state index is 0.194. The molecule has 1 fully saturated rings. The third kappa shape index (κ3) is 3.47. The zero-order valence-electron chi connectivity index (χ0n) is 12.0. The zero-order valence-corrected chi connectivity index (χ0v) is 12.0. The Bertz CT molecular complexity index is 419. The molecule has 2 nitrogen and oxygen atoms in total. The molecule has 1 aliphatic heterocycles. The lowest BCUT2D eigenvalue weighted by molar-refractivity contribution is 0.325. The SMILES string of the molecule is CCOc1ccc(F)cc1C(CC)CC1OC1CC. The summed E-state index contributed by atoms with van der Waals surface area (Å²) in [6.07, 6.45) is 3.73. The van der Waals surface area contributed by atoms with Crippen LogP contribution in [0.2, 0.25) is 0 Å². The van der Waals surface area contributed by atoms with Gasteiger partial charge in [-0.15, -0.1) is 0 Å². The van der Waals surface area contributed by atoms with Gasteiger partial charge in [0.25, 0.3) is 0 Å². The van der Waals surface area contributed by atoms with Gasteiger partial charge in [-0.3, -0.25) is 0 Å². The fourth-order valence-electron chi connectivity index (χ4n) is 2.66. The van der Waals surface area contributed by atoms with Crippen molar-refractivity contribution in [3.63, 3.8) is 0 Å². The van der Waals surface area contributed by atoms with Gasteiger partial charge in [0.15, 0.2) is 0 Å². The van der Waals surface area contributed by atoms with Crippen LogP contribution in [0.5, 0.6) is 5.75 Å². The van der Waals surface area contributed by atoms with Crippen LogP contribution < -0.4 is 4.74 Å². The predicted octanol–water partition coefficient (Wildman–Crippen LogP) is 4.29. The second-order valence-electron chi connectivity index (χ2n) is 5.08. The second kappa shape index (κ2) is 6.38. The van der Waals surface area contributed by atoms with Crippen molar-refractivity contribution in [3.8, 4) is 5.75 Å². The Kier molecular flexibility index (Phi) is 4.81. The highest BCUT2D eigenvalue weighted by Gasteiger charge is 2.38. The van der Waals surface area contributed by atoms with E-state index in [4.69, 9.17) is 9.47 Å². The van der Waals surface area contributed by atoms with Crippen molar-refractivity contribution in [3.05, 3.63) is 29.6 Å². The summed E-state index contributed by atoms with van der Waals surface area (Å²) in [5, 5.41) is 0. The summed E-state index contributed by atoms with van der Waals surface area (Å²) >= 11 is 0. The van der Waals surface area contributed by atoms with Crippen LogP contribution in [0.1, 0.15) is 51.5 Å². The number of ether oxygens (including phenoxy) is 2. The van der Waals surface area contributed by atoms with E-state index in [-0.39, 0.29) is 5.82 Å². The highest BCUT2D eigenvalue weighted by molar-refractivity contribution is 5.37. The summed E-state index contributed by atoms with van der Waals surface area (Å²) in [7, 11) is 0. The standard InChI is InChI=1S/C16H23FO2/c1-4-11(9-16-14(5-2)19-16)13-10-12(17)7-8-15(13)18-6-3/h7-8,10-11,14,16H,4-6,9H2,1-3H3. The molecule has 1 saturated heterocycles. The van der Waals surface area contributed by atoms with E-state index in [0.29, 0.717) is 24.7 Å². The molecule has 106 valence electrons. The summed E-state index contributed by atoms with van der Waals surface area (Å²) in [5.41, 5.74) is 0.981. The Morgan fingerprint density at radius 1 is 1.26 bits per heavy atom. The Labute approximate surface area is 114 Å². The van der Waals surface area contributed by atoms with Crippen LogP contribution in [0.4, 0.5) is 4.39 Å². The second-order valence-corrected chi connectivity index (χ2v) is 5.08. The lowest BCUT2D eigenvalue weighted by atomic mass is 9.90. The number of rotatable bonds is 7. The first kappa shape index (κ1) is 14.3. The van der Waals surface area contributed by atoms with Crippen LogP contribution in [0.25, 0.3) is 0 Å². The van der Waals surface area contributed by atoms with Gasteiger partial charge in [-0.1, -0.05) is 13.8 Å². The van der Waals surface area contributed by atoms with E-state index in [1.807, 2.05) is 6.92 Å². The molecule has 3 unspecified atom stereocenters. The first-order valence-electron chi connectivity index (χ1n) is 7.27. The van der Waals surface area contributed by atoms with Crippen molar-refractivity contribution < 1.29 is 13.9 Å². The zero-order chi connectivity index (χ0) is 13.8. The Balaban J connectivity index is 2.14.